The number of hydrogen-bond acceptors (Lipinski definition) is 9. The number of hydrogen-bond donors (Lipinski definition) is 0. The molecule has 3 aliphatic rings. The lowest BCUT2D eigenvalue weighted by molar-refractivity contribution is -0.133. The van der Waals surface area contributed by atoms with E-state index in [4.69, 9.17) is 9.47 Å². The fourth-order valence-corrected chi connectivity index (χ4v) is 8.11. The van der Waals surface area contributed by atoms with Crippen LogP contribution in [0.5, 0.6) is 5.75 Å². The zero-order valence-corrected chi connectivity index (χ0v) is 29.7. The fourth-order valence-electron chi connectivity index (χ4n) is 8.11. The molecule has 2 saturated heterocycles. The summed E-state index contributed by atoms with van der Waals surface area (Å²) in [6.07, 6.45) is 4.13. The van der Waals surface area contributed by atoms with E-state index in [2.05, 4.69) is 25.1 Å². The summed E-state index contributed by atoms with van der Waals surface area (Å²) in [6.45, 7) is 4.90. The number of aromatic nitrogens is 6. The lowest BCUT2D eigenvalue weighted by Gasteiger charge is -2.33. The maximum atomic E-state index is 15.1. The van der Waals surface area contributed by atoms with Crippen molar-refractivity contribution in [3.63, 3.8) is 0 Å². The molecule has 12 nitrogen and oxygen atoms in total. The zero-order valence-electron chi connectivity index (χ0n) is 29.7. The predicted molar refractivity (Wildman–Crippen MR) is 195 cm³/mol. The summed E-state index contributed by atoms with van der Waals surface area (Å²) in [5.74, 6) is -0.872. The number of carbonyl (C=O) groups is 1. The van der Waals surface area contributed by atoms with E-state index in [1.165, 1.54) is 23.1 Å². The molecule has 3 aliphatic heterocycles. The standard InChI is InChI=1S/C39H38F3N9O3/c1-47-34-6-3-9-49(11-10-48-12-14-53-15-13-48)39(52)35-20-28(54-27-5-2-4-24(16-27)29-17-26(41)19-32(46-47)36(29)34)22-50(35)37-30-21-45-51(38(30)44-23-43-37)33-8-7-25(40)18-31(33)42/h2,4-5,7-8,16-19,21,23,28,35H,3,6,9-15,20,22H2,1H3/t28-,35-/m0/s1. The van der Waals surface area contributed by atoms with Crippen molar-refractivity contribution in [2.45, 2.75) is 31.4 Å². The number of fused-ring (bicyclic) bond motifs is 6. The van der Waals surface area contributed by atoms with Gasteiger partial charge in [0.1, 0.15) is 47.4 Å². The van der Waals surface area contributed by atoms with Crippen molar-refractivity contribution in [3.05, 3.63) is 90.3 Å². The lowest BCUT2D eigenvalue weighted by Crippen LogP contribution is -2.49. The maximum absolute atomic E-state index is 15.1. The molecule has 2 fully saturated rings. The van der Waals surface area contributed by atoms with Crippen LogP contribution < -0.4 is 9.64 Å². The number of carbonyl (C=O) groups excluding carboxylic acids is 1. The van der Waals surface area contributed by atoms with E-state index in [1.54, 1.807) is 12.3 Å². The van der Waals surface area contributed by atoms with E-state index in [1.807, 2.05) is 45.8 Å². The number of anilines is 1. The first-order valence-corrected chi connectivity index (χ1v) is 18.2. The van der Waals surface area contributed by atoms with Crippen LogP contribution in [-0.4, -0.2) is 110 Å². The van der Waals surface area contributed by atoms with Gasteiger partial charge in [-0.1, -0.05) is 12.1 Å². The van der Waals surface area contributed by atoms with Crippen LogP contribution in [0.25, 0.3) is 38.8 Å². The molecule has 4 bridgehead atoms. The van der Waals surface area contributed by atoms with Gasteiger partial charge < -0.3 is 19.3 Å². The molecule has 278 valence electrons. The normalized spacial score (nSPS) is 19.7. The number of halogens is 3. The van der Waals surface area contributed by atoms with Gasteiger partial charge in [-0.25, -0.2) is 27.8 Å². The molecule has 3 aromatic carbocycles. The summed E-state index contributed by atoms with van der Waals surface area (Å²) in [4.78, 5) is 30.2. The van der Waals surface area contributed by atoms with Gasteiger partial charge in [0.05, 0.1) is 36.9 Å². The van der Waals surface area contributed by atoms with Crippen molar-refractivity contribution in [1.29, 1.82) is 0 Å². The van der Waals surface area contributed by atoms with Crippen molar-refractivity contribution in [3.8, 4) is 22.6 Å². The summed E-state index contributed by atoms with van der Waals surface area (Å²) in [6, 6.07) is 13.2. The molecule has 0 N–H and O–H groups in total. The predicted octanol–water partition coefficient (Wildman–Crippen LogP) is 4.92. The largest absolute Gasteiger partial charge is 0.488 e. The second-order valence-electron chi connectivity index (χ2n) is 14.1. The minimum absolute atomic E-state index is 0.0362. The molecule has 0 aliphatic carbocycles. The van der Waals surface area contributed by atoms with Crippen LogP contribution in [-0.2, 0) is 23.0 Å². The average Bonchev–Trinajstić information content (AvgIpc) is 3.87. The zero-order chi connectivity index (χ0) is 36.9. The molecular formula is C39H38F3N9O3. The SMILES string of the molecule is Cn1nc2cc(F)cc3c2c1CCCN(CCN1CCOCC1)C(=O)[C@@H]1C[C@@H](CN1c1ncnc2c1cnn2-c1ccc(F)cc1F)Oc1cccc-3c1. The molecule has 0 unspecified atom stereocenters. The summed E-state index contributed by atoms with van der Waals surface area (Å²) >= 11 is 0. The molecule has 9 rings (SSSR count). The van der Waals surface area contributed by atoms with Gasteiger partial charge >= 0.3 is 0 Å². The number of benzene rings is 3. The smallest absolute Gasteiger partial charge is 0.245 e. The van der Waals surface area contributed by atoms with Crippen LogP contribution in [0.1, 0.15) is 18.5 Å². The topological polar surface area (TPSA) is 107 Å². The van der Waals surface area contributed by atoms with E-state index in [-0.39, 0.29) is 17.4 Å². The molecule has 2 atom stereocenters. The quantitative estimate of drug-likeness (QED) is 0.244. The van der Waals surface area contributed by atoms with E-state index in [0.717, 1.165) is 47.4 Å². The summed E-state index contributed by atoms with van der Waals surface area (Å²) < 4.78 is 59.1. The summed E-state index contributed by atoms with van der Waals surface area (Å²) in [5.41, 5.74) is 3.42. The van der Waals surface area contributed by atoms with Crippen LogP contribution in [0.2, 0.25) is 0 Å². The lowest BCUT2D eigenvalue weighted by atomic mass is 9.98. The fraction of sp³-hybridized carbons (Fsp3) is 0.359. The number of aryl methyl sites for hydroxylation is 2. The van der Waals surface area contributed by atoms with Crippen molar-refractivity contribution in [2.24, 2.45) is 7.05 Å². The number of amides is 1. The Kier molecular flexibility index (Phi) is 8.89. The molecule has 0 spiro atoms. The van der Waals surface area contributed by atoms with Gasteiger partial charge in [-0.05, 0) is 54.3 Å². The highest BCUT2D eigenvalue weighted by atomic mass is 19.1. The first-order chi connectivity index (χ1) is 26.3. The summed E-state index contributed by atoms with van der Waals surface area (Å²) in [7, 11) is 1.87. The van der Waals surface area contributed by atoms with Crippen molar-refractivity contribution in [2.75, 3.05) is 57.4 Å². The minimum atomic E-state index is -0.786. The number of nitrogens with zero attached hydrogens (tertiary/aromatic N) is 9. The van der Waals surface area contributed by atoms with Crippen LogP contribution in [0, 0.1) is 17.5 Å². The third kappa shape index (κ3) is 6.30. The third-order valence-electron chi connectivity index (χ3n) is 10.7. The Bertz CT molecular complexity index is 2380. The second-order valence-corrected chi connectivity index (χ2v) is 14.1. The molecule has 1 amide bonds. The Morgan fingerprint density at radius 3 is 2.67 bits per heavy atom. The number of rotatable bonds is 5. The van der Waals surface area contributed by atoms with Crippen molar-refractivity contribution >= 4 is 33.7 Å². The molecule has 6 aromatic rings. The van der Waals surface area contributed by atoms with E-state index < -0.39 is 23.8 Å². The molecule has 3 aromatic heterocycles. The van der Waals surface area contributed by atoms with Gasteiger partial charge in [0.25, 0.3) is 0 Å². The second kappa shape index (κ2) is 14.0. The van der Waals surface area contributed by atoms with Crippen LogP contribution in [0.15, 0.2) is 67.1 Å². The Labute approximate surface area is 308 Å². The van der Waals surface area contributed by atoms with Crippen LogP contribution in [0.3, 0.4) is 0 Å². The Balaban J connectivity index is 1.12. The number of morpholine rings is 1. The molecule has 54 heavy (non-hydrogen) atoms. The van der Waals surface area contributed by atoms with Crippen LogP contribution >= 0.6 is 0 Å². The van der Waals surface area contributed by atoms with Crippen molar-refractivity contribution < 1.29 is 27.4 Å². The van der Waals surface area contributed by atoms with Gasteiger partial charge in [0, 0.05) is 69.4 Å². The monoisotopic (exact) mass is 737 g/mol. The molecule has 15 heteroatoms. The van der Waals surface area contributed by atoms with Crippen LogP contribution in [0.4, 0.5) is 19.0 Å². The van der Waals surface area contributed by atoms with Gasteiger partial charge in [0.15, 0.2) is 11.5 Å². The average molecular weight is 738 g/mol. The van der Waals surface area contributed by atoms with Gasteiger partial charge in [-0.2, -0.15) is 10.2 Å². The summed E-state index contributed by atoms with van der Waals surface area (Å²) in [5, 5.41) is 10.5. The van der Waals surface area contributed by atoms with E-state index in [0.29, 0.717) is 86.8 Å². The Morgan fingerprint density at radius 1 is 0.944 bits per heavy atom. The van der Waals surface area contributed by atoms with E-state index >= 15 is 4.39 Å². The molecular weight excluding hydrogens is 699 g/mol. The molecule has 0 radical (unpaired) electrons. The first-order valence-electron chi connectivity index (χ1n) is 18.2. The van der Waals surface area contributed by atoms with Crippen molar-refractivity contribution in [1.82, 2.24) is 39.3 Å². The third-order valence-corrected chi connectivity index (χ3v) is 10.7. The van der Waals surface area contributed by atoms with Gasteiger partial charge in [-0.15, -0.1) is 0 Å². The number of ether oxygens (including phenoxy) is 2. The molecule has 0 saturated carbocycles. The Morgan fingerprint density at radius 2 is 1.81 bits per heavy atom. The highest BCUT2D eigenvalue weighted by Gasteiger charge is 2.42. The van der Waals surface area contributed by atoms with Gasteiger partial charge in [0.2, 0.25) is 5.91 Å². The highest BCUT2D eigenvalue weighted by molar-refractivity contribution is 5.97. The highest BCUT2D eigenvalue weighted by Crippen LogP contribution is 2.37. The van der Waals surface area contributed by atoms with E-state index in [9.17, 15) is 13.6 Å². The Hall–Kier alpha value is -5.54. The van der Waals surface area contributed by atoms with Gasteiger partial charge in [-0.3, -0.25) is 14.4 Å². The molecule has 6 heterocycles. The maximum Gasteiger partial charge on any atom is 0.245 e. The first kappa shape index (κ1) is 34.2. The minimum Gasteiger partial charge on any atom is -0.488 e.